The molecule has 1 aromatic rings. The molecule has 2 rings (SSSR count). The van der Waals surface area contributed by atoms with Crippen LogP contribution in [0, 0.1) is 17.2 Å². The van der Waals surface area contributed by atoms with Crippen molar-refractivity contribution in [3.8, 4) is 6.07 Å². The van der Waals surface area contributed by atoms with Gasteiger partial charge in [0.1, 0.15) is 11.8 Å². The first-order chi connectivity index (χ1) is 8.72. The topological polar surface area (TPSA) is 65.9 Å². The van der Waals surface area contributed by atoms with Crippen LogP contribution in [0.3, 0.4) is 0 Å². The van der Waals surface area contributed by atoms with Crippen molar-refractivity contribution in [3.63, 3.8) is 0 Å². The Kier molecular flexibility index (Phi) is 4.29. The third kappa shape index (κ3) is 3.06. The second kappa shape index (κ2) is 5.94. The number of hydrogen-bond donors (Lipinski definition) is 1. The van der Waals surface area contributed by atoms with Crippen molar-refractivity contribution < 1.29 is 0 Å². The lowest BCUT2D eigenvalue weighted by Gasteiger charge is -2.36. The Hall–Kier alpha value is -1.44. The number of pyridine rings is 1. The lowest BCUT2D eigenvalue weighted by molar-refractivity contribution is 0.145. The molecular weight excluding hydrogens is 224 g/mol. The number of nitriles is 1. The molecule has 2 N–H and O–H groups in total. The highest BCUT2D eigenvalue weighted by Crippen LogP contribution is 2.20. The van der Waals surface area contributed by atoms with Gasteiger partial charge in [0.2, 0.25) is 0 Å². The Labute approximate surface area is 108 Å². The van der Waals surface area contributed by atoms with Crippen molar-refractivity contribution in [3.05, 3.63) is 29.6 Å². The Bertz CT molecular complexity index is 438. The Morgan fingerprint density at radius 3 is 3.17 bits per heavy atom. The maximum absolute atomic E-state index is 8.84. The smallest absolute Gasteiger partial charge is 0.140 e. The second-order valence-electron chi connectivity index (χ2n) is 5.02. The molecule has 1 aliphatic heterocycles. The third-order valence-electron chi connectivity index (χ3n) is 3.75. The number of aromatic nitrogens is 1. The summed E-state index contributed by atoms with van der Waals surface area (Å²) in [6.07, 6.45) is 3.91. The van der Waals surface area contributed by atoms with Crippen molar-refractivity contribution in [2.45, 2.75) is 32.4 Å². The van der Waals surface area contributed by atoms with E-state index in [-0.39, 0.29) is 0 Å². The lowest BCUT2D eigenvalue weighted by Crippen LogP contribution is -2.46. The molecule has 0 bridgehead atoms. The summed E-state index contributed by atoms with van der Waals surface area (Å²) >= 11 is 0. The van der Waals surface area contributed by atoms with Crippen LogP contribution in [0.4, 0.5) is 0 Å². The van der Waals surface area contributed by atoms with Crippen molar-refractivity contribution in [2.75, 3.05) is 13.1 Å². The van der Waals surface area contributed by atoms with Crippen LogP contribution in [0.25, 0.3) is 0 Å². The van der Waals surface area contributed by atoms with Gasteiger partial charge < -0.3 is 5.73 Å². The normalized spacial score (nSPS) is 24.7. The number of nitrogens with zero attached hydrogens (tertiary/aromatic N) is 3. The predicted octanol–water partition coefficient (Wildman–Crippen LogP) is 1.51. The van der Waals surface area contributed by atoms with Gasteiger partial charge in [0.05, 0.1) is 0 Å². The molecule has 4 nitrogen and oxygen atoms in total. The largest absolute Gasteiger partial charge is 0.327 e. The maximum atomic E-state index is 8.84. The molecule has 1 aliphatic rings. The number of rotatable bonds is 3. The van der Waals surface area contributed by atoms with Crippen LogP contribution in [0.1, 0.15) is 31.0 Å². The summed E-state index contributed by atoms with van der Waals surface area (Å²) < 4.78 is 0. The van der Waals surface area contributed by atoms with Crippen LogP contribution in [0.5, 0.6) is 0 Å². The molecular formula is C14H20N4. The fourth-order valence-corrected chi connectivity index (χ4v) is 2.59. The molecule has 2 unspecified atom stereocenters. The Morgan fingerprint density at radius 2 is 2.44 bits per heavy atom. The van der Waals surface area contributed by atoms with Gasteiger partial charge in [-0.05, 0) is 36.6 Å². The van der Waals surface area contributed by atoms with Crippen molar-refractivity contribution >= 4 is 0 Å². The van der Waals surface area contributed by atoms with Gasteiger partial charge in [-0.1, -0.05) is 13.3 Å². The molecule has 18 heavy (non-hydrogen) atoms. The van der Waals surface area contributed by atoms with Gasteiger partial charge in [0, 0.05) is 25.3 Å². The van der Waals surface area contributed by atoms with E-state index in [9.17, 15) is 0 Å². The summed E-state index contributed by atoms with van der Waals surface area (Å²) in [6, 6.07) is 6.28. The van der Waals surface area contributed by atoms with Crippen molar-refractivity contribution in [1.82, 2.24) is 9.88 Å². The minimum absolute atomic E-state index is 0.346. The summed E-state index contributed by atoms with van der Waals surface area (Å²) in [6.45, 7) is 5.19. The minimum Gasteiger partial charge on any atom is -0.327 e. The molecule has 1 saturated heterocycles. The van der Waals surface area contributed by atoms with Crippen molar-refractivity contribution in [2.24, 2.45) is 11.7 Å². The number of piperidine rings is 1. The minimum atomic E-state index is 0.346. The van der Waals surface area contributed by atoms with Crippen LogP contribution < -0.4 is 5.73 Å². The summed E-state index contributed by atoms with van der Waals surface area (Å²) in [5, 5.41) is 8.84. The molecule has 0 saturated carbocycles. The van der Waals surface area contributed by atoms with E-state index in [1.807, 2.05) is 12.1 Å². The van der Waals surface area contributed by atoms with E-state index in [0.29, 0.717) is 17.7 Å². The fraction of sp³-hybridized carbons (Fsp3) is 0.571. The van der Waals surface area contributed by atoms with E-state index in [4.69, 9.17) is 11.0 Å². The van der Waals surface area contributed by atoms with Crippen LogP contribution >= 0.6 is 0 Å². The fourth-order valence-electron chi connectivity index (χ4n) is 2.59. The third-order valence-corrected chi connectivity index (χ3v) is 3.75. The van der Waals surface area contributed by atoms with Crippen LogP contribution in [0.15, 0.2) is 18.3 Å². The van der Waals surface area contributed by atoms with Crippen LogP contribution in [-0.2, 0) is 6.54 Å². The van der Waals surface area contributed by atoms with E-state index < -0.39 is 0 Å². The standard InChI is InChI=1S/C14H20N4/c1-2-12-10-18(6-4-14(12)16)9-11-3-5-17-13(7-11)8-15/h3,5,7,12,14H,2,4,6,9-10,16H2,1H3. The summed E-state index contributed by atoms with van der Waals surface area (Å²) in [5.74, 6) is 0.594. The molecule has 0 aromatic carbocycles. The van der Waals surface area contributed by atoms with E-state index in [0.717, 1.165) is 38.0 Å². The first-order valence-electron chi connectivity index (χ1n) is 6.56. The number of nitrogens with two attached hydrogens (primary N) is 1. The zero-order chi connectivity index (χ0) is 13.0. The maximum Gasteiger partial charge on any atom is 0.140 e. The van der Waals surface area contributed by atoms with E-state index >= 15 is 0 Å². The second-order valence-corrected chi connectivity index (χ2v) is 5.02. The molecule has 2 heterocycles. The highest BCUT2D eigenvalue weighted by Gasteiger charge is 2.25. The summed E-state index contributed by atoms with van der Waals surface area (Å²) in [5.41, 5.74) is 7.76. The van der Waals surface area contributed by atoms with Gasteiger partial charge in [-0.3, -0.25) is 4.90 Å². The van der Waals surface area contributed by atoms with Gasteiger partial charge in [-0.2, -0.15) is 5.26 Å². The molecule has 0 radical (unpaired) electrons. The highest BCUT2D eigenvalue weighted by molar-refractivity contribution is 5.25. The van der Waals surface area contributed by atoms with Gasteiger partial charge in [-0.25, -0.2) is 4.98 Å². The first kappa shape index (κ1) is 13.0. The van der Waals surface area contributed by atoms with Gasteiger partial charge in [0.25, 0.3) is 0 Å². The molecule has 1 fully saturated rings. The van der Waals surface area contributed by atoms with E-state index in [1.54, 1.807) is 6.20 Å². The van der Waals surface area contributed by atoms with Gasteiger partial charge in [0.15, 0.2) is 0 Å². The van der Waals surface area contributed by atoms with Crippen molar-refractivity contribution in [1.29, 1.82) is 5.26 Å². The van der Waals surface area contributed by atoms with Crippen LogP contribution in [0.2, 0.25) is 0 Å². The molecule has 0 aliphatic carbocycles. The average Bonchev–Trinajstić information content (AvgIpc) is 2.41. The lowest BCUT2D eigenvalue weighted by atomic mass is 9.90. The molecule has 4 heteroatoms. The molecule has 0 amide bonds. The van der Waals surface area contributed by atoms with E-state index in [1.165, 1.54) is 0 Å². The van der Waals surface area contributed by atoms with Gasteiger partial charge in [-0.15, -0.1) is 0 Å². The van der Waals surface area contributed by atoms with E-state index in [2.05, 4.69) is 22.9 Å². The number of hydrogen-bond acceptors (Lipinski definition) is 4. The molecule has 0 spiro atoms. The average molecular weight is 244 g/mol. The van der Waals surface area contributed by atoms with Crippen LogP contribution in [-0.4, -0.2) is 29.0 Å². The Balaban J connectivity index is 1.99. The molecule has 1 aromatic heterocycles. The zero-order valence-electron chi connectivity index (χ0n) is 10.8. The zero-order valence-corrected chi connectivity index (χ0v) is 10.8. The monoisotopic (exact) mass is 244 g/mol. The highest BCUT2D eigenvalue weighted by atomic mass is 15.1. The Morgan fingerprint density at radius 1 is 1.61 bits per heavy atom. The quantitative estimate of drug-likeness (QED) is 0.875. The van der Waals surface area contributed by atoms with Gasteiger partial charge >= 0.3 is 0 Å². The summed E-state index contributed by atoms with van der Waals surface area (Å²) in [7, 11) is 0. The predicted molar refractivity (Wildman–Crippen MR) is 70.6 cm³/mol. The molecule has 2 atom stereocenters. The SMILES string of the molecule is CCC1CN(Cc2ccnc(C#N)c2)CCC1N. The number of likely N-dealkylation sites (tertiary alicyclic amines) is 1. The summed E-state index contributed by atoms with van der Waals surface area (Å²) in [4.78, 5) is 6.42. The molecule has 96 valence electrons. The first-order valence-corrected chi connectivity index (χ1v) is 6.56.